The predicted molar refractivity (Wildman–Crippen MR) is 84.5 cm³/mol. The molecule has 4 rings (SSSR count). The summed E-state index contributed by atoms with van der Waals surface area (Å²) in [6.45, 7) is 0. The molecular formula is C15H15N7O. The monoisotopic (exact) mass is 309 g/mol. The van der Waals surface area contributed by atoms with Crippen molar-refractivity contribution in [3.05, 3.63) is 31.0 Å². The first-order chi connectivity index (χ1) is 11.1. The number of aromatic amines is 1. The highest BCUT2D eigenvalue weighted by Gasteiger charge is 2.52. The van der Waals surface area contributed by atoms with Crippen LogP contribution in [0.4, 0.5) is 5.82 Å². The van der Waals surface area contributed by atoms with Crippen LogP contribution in [-0.4, -0.2) is 43.4 Å². The number of anilines is 1. The molecule has 0 radical (unpaired) electrons. The number of nitrogens with zero attached hydrogens (tertiary/aromatic N) is 5. The van der Waals surface area contributed by atoms with Gasteiger partial charge in [0, 0.05) is 36.6 Å². The van der Waals surface area contributed by atoms with Crippen molar-refractivity contribution < 1.29 is 4.79 Å². The molecule has 23 heavy (non-hydrogen) atoms. The van der Waals surface area contributed by atoms with Crippen LogP contribution in [0, 0.1) is 0 Å². The predicted octanol–water partition coefficient (Wildman–Crippen LogP) is 0.869. The number of aromatic nitrogens is 5. The molecule has 1 aliphatic rings. The van der Waals surface area contributed by atoms with Gasteiger partial charge in [0.15, 0.2) is 5.82 Å². The first-order valence-corrected chi connectivity index (χ1v) is 7.26. The van der Waals surface area contributed by atoms with Crippen molar-refractivity contribution >= 4 is 22.8 Å². The van der Waals surface area contributed by atoms with Gasteiger partial charge in [0.2, 0.25) is 5.91 Å². The summed E-state index contributed by atoms with van der Waals surface area (Å²) in [4.78, 5) is 33.7. The number of nitrogens with one attached hydrogen (secondary N) is 1. The van der Waals surface area contributed by atoms with Gasteiger partial charge in [0.1, 0.15) is 23.3 Å². The van der Waals surface area contributed by atoms with Gasteiger partial charge in [-0.2, -0.15) is 0 Å². The van der Waals surface area contributed by atoms with Crippen molar-refractivity contribution in [2.24, 2.45) is 5.73 Å². The lowest BCUT2D eigenvalue weighted by Gasteiger charge is -2.26. The summed E-state index contributed by atoms with van der Waals surface area (Å²) >= 11 is 0. The van der Waals surface area contributed by atoms with Crippen LogP contribution in [0.1, 0.15) is 12.8 Å². The fraction of sp³-hybridized carbons (Fsp3) is 0.267. The number of fused-ring (bicyclic) bond motifs is 1. The van der Waals surface area contributed by atoms with E-state index in [4.69, 9.17) is 5.73 Å². The van der Waals surface area contributed by atoms with Gasteiger partial charge in [0.25, 0.3) is 0 Å². The zero-order valence-corrected chi connectivity index (χ0v) is 12.5. The second kappa shape index (κ2) is 4.73. The number of carbonyl (C=O) groups is 1. The molecule has 116 valence electrons. The minimum absolute atomic E-state index is 0.319. The topological polar surface area (TPSA) is 114 Å². The number of nitrogens with two attached hydrogens (primary N) is 1. The molecular weight excluding hydrogens is 294 g/mol. The third kappa shape index (κ3) is 2.02. The van der Waals surface area contributed by atoms with E-state index in [-0.39, 0.29) is 5.91 Å². The van der Waals surface area contributed by atoms with Crippen LogP contribution in [-0.2, 0) is 4.79 Å². The Kier molecular flexibility index (Phi) is 2.80. The van der Waals surface area contributed by atoms with Crippen molar-refractivity contribution in [1.82, 2.24) is 24.9 Å². The van der Waals surface area contributed by atoms with E-state index in [2.05, 4.69) is 24.9 Å². The molecule has 0 spiro atoms. The van der Waals surface area contributed by atoms with E-state index in [1.807, 2.05) is 11.9 Å². The summed E-state index contributed by atoms with van der Waals surface area (Å²) in [5, 5.41) is 0.850. The van der Waals surface area contributed by atoms with E-state index in [0.29, 0.717) is 11.6 Å². The van der Waals surface area contributed by atoms with Crippen LogP contribution in [0.5, 0.6) is 0 Å². The Morgan fingerprint density at radius 1 is 1.39 bits per heavy atom. The van der Waals surface area contributed by atoms with Crippen molar-refractivity contribution in [3.8, 4) is 11.4 Å². The third-order valence-corrected chi connectivity index (χ3v) is 4.41. The van der Waals surface area contributed by atoms with E-state index in [0.717, 1.165) is 29.4 Å². The van der Waals surface area contributed by atoms with E-state index < -0.39 is 5.54 Å². The maximum absolute atomic E-state index is 11.7. The minimum atomic E-state index is -0.616. The van der Waals surface area contributed by atoms with Gasteiger partial charge in [-0.15, -0.1) is 0 Å². The molecule has 1 fully saturated rings. The fourth-order valence-electron chi connectivity index (χ4n) is 2.80. The molecule has 8 heteroatoms. The van der Waals surface area contributed by atoms with Gasteiger partial charge in [-0.3, -0.25) is 4.79 Å². The number of primary amides is 1. The molecule has 8 nitrogen and oxygen atoms in total. The molecule has 0 atom stereocenters. The summed E-state index contributed by atoms with van der Waals surface area (Å²) in [5.41, 5.74) is 6.47. The van der Waals surface area contributed by atoms with E-state index in [9.17, 15) is 4.79 Å². The second-order valence-electron chi connectivity index (χ2n) is 5.68. The highest BCUT2D eigenvalue weighted by molar-refractivity contribution is 5.92. The van der Waals surface area contributed by atoms with Crippen LogP contribution >= 0.6 is 0 Å². The number of hydrogen-bond donors (Lipinski definition) is 2. The SMILES string of the molecule is CN(c1ccnc(-c2c[nH]c3ncncc23)n1)C1(C(N)=O)CC1. The smallest absolute Gasteiger partial charge is 0.243 e. The molecule has 0 aliphatic heterocycles. The van der Waals surface area contributed by atoms with Gasteiger partial charge in [-0.1, -0.05) is 0 Å². The highest BCUT2D eigenvalue weighted by atomic mass is 16.2. The maximum Gasteiger partial charge on any atom is 0.243 e. The summed E-state index contributed by atoms with van der Waals surface area (Å²) in [5.74, 6) is 0.897. The highest BCUT2D eigenvalue weighted by Crippen LogP contribution is 2.42. The van der Waals surface area contributed by atoms with Crippen molar-refractivity contribution in [2.45, 2.75) is 18.4 Å². The number of rotatable bonds is 4. The van der Waals surface area contributed by atoms with Gasteiger partial charge in [-0.05, 0) is 18.9 Å². The zero-order chi connectivity index (χ0) is 16.0. The fourth-order valence-corrected chi connectivity index (χ4v) is 2.80. The number of carbonyl (C=O) groups excluding carboxylic acids is 1. The Bertz CT molecular complexity index is 899. The van der Waals surface area contributed by atoms with Crippen LogP contribution in [0.2, 0.25) is 0 Å². The molecule has 1 saturated carbocycles. The molecule has 0 saturated heterocycles. The lowest BCUT2D eigenvalue weighted by molar-refractivity contribution is -0.120. The summed E-state index contributed by atoms with van der Waals surface area (Å²) < 4.78 is 0. The first-order valence-electron chi connectivity index (χ1n) is 7.26. The number of H-pyrrole nitrogens is 1. The van der Waals surface area contributed by atoms with E-state index in [1.54, 1.807) is 24.7 Å². The average molecular weight is 309 g/mol. The van der Waals surface area contributed by atoms with Crippen molar-refractivity contribution in [3.63, 3.8) is 0 Å². The van der Waals surface area contributed by atoms with E-state index >= 15 is 0 Å². The Morgan fingerprint density at radius 2 is 2.22 bits per heavy atom. The van der Waals surface area contributed by atoms with Gasteiger partial charge in [-0.25, -0.2) is 19.9 Å². The molecule has 3 N–H and O–H groups in total. The van der Waals surface area contributed by atoms with Crippen molar-refractivity contribution in [1.29, 1.82) is 0 Å². The zero-order valence-electron chi connectivity index (χ0n) is 12.5. The van der Waals surface area contributed by atoms with Crippen LogP contribution in [0.3, 0.4) is 0 Å². The van der Waals surface area contributed by atoms with Gasteiger partial charge < -0.3 is 15.6 Å². The Hall–Kier alpha value is -3.03. The van der Waals surface area contributed by atoms with Gasteiger partial charge >= 0.3 is 0 Å². The second-order valence-corrected chi connectivity index (χ2v) is 5.68. The normalized spacial score (nSPS) is 15.5. The molecule has 0 aromatic carbocycles. The molecule has 1 aliphatic carbocycles. The third-order valence-electron chi connectivity index (χ3n) is 4.41. The Labute approximate surface area is 131 Å². The lowest BCUT2D eigenvalue weighted by atomic mass is 10.2. The molecule has 1 amide bonds. The van der Waals surface area contributed by atoms with E-state index in [1.165, 1.54) is 6.33 Å². The first kappa shape index (κ1) is 13.6. The molecule has 3 aromatic heterocycles. The quantitative estimate of drug-likeness (QED) is 0.739. The van der Waals surface area contributed by atoms with Crippen LogP contribution < -0.4 is 10.6 Å². The van der Waals surface area contributed by atoms with Crippen molar-refractivity contribution in [2.75, 3.05) is 11.9 Å². The maximum atomic E-state index is 11.7. The Balaban J connectivity index is 1.76. The summed E-state index contributed by atoms with van der Waals surface area (Å²) in [7, 11) is 1.84. The molecule has 0 bridgehead atoms. The summed E-state index contributed by atoms with van der Waals surface area (Å²) in [6.07, 6.45) is 8.18. The standard InChI is InChI=1S/C15H15N7O/c1-22(15(3-4-15)14(16)23)11-2-5-18-13(21-11)10-7-19-12-9(10)6-17-8-20-12/h2,5-8H,3-4H2,1H3,(H2,16,23)(H,17,19,20). The molecule has 0 unspecified atom stereocenters. The Morgan fingerprint density at radius 3 is 2.96 bits per heavy atom. The summed E-state index contributed by atoms with van der Waals surface area (Å²) in [6, 6.07) is 1.78. The van der Waals surface area contributed by atoms with Crippen LogP contribution in [0.15, 0.2) is 31.0 Å². The van der Waals surface area contributed by atoms with Gasteiger partial charge in [0.05, 0.1) is 0 Å². The molecule has 3 heterocycles. The minimum Gasteiger partial charge on any atom is -0.368 e. The lowest BCUT2D eigenvalue weighted by Crippen LogP contribution is -2.45. The van der Waals surface area contributed by atoms with Crippen LogP contribution in [0.25, 0.3) is 22.4 Å². The molecule has 3 aromatic rings. The number of amides is 1. The number of likely N-dealkylation sites (N-methyl/N-ethyl adjacent to an activating group) is 1. The largest absolute Gasteiger partial charge is 0.368 e. The average Bonchev–Trinajstić information content (AvgIpc) is 3.28. The number of hydrogen-bond acceptors (Lipinski definition) is 6.